The van der Waals surface area contributed by atoms with Gasteiger partial charge in [0.2, 0.25) is 0 Å². The molecular formula is C31H36N4O6. The highest BCUT2D eigenvalue weighted by atomic mass is 16.5. The van der Waals surface area contributed by atoms with Crippen LogP contribution in [0.2, 0.25) is 0 Å². The van der Waals surface area contributed by atoms with E-state index in [2.05, 4.69) is 28.1 Å². The Morgan fingerprint density at radius 1 is 0.829 bits per heavy atom. The number of carbonyl (C=O) groups excluding carboxylic acids is 3. The van der Waals surface area contributed by atoms with Crippen LogP contribution < -0.4 is 30.3 Å². The first-order valence-electron chi connectivity index (χ1n) is 13.4. The highest BCUT2D eigenvalue weighted by Crippen LogP contribution is 2.28. The van der Waals surface area contributed by atoms with Crippen molar-refractivity contribution in [2.45, 2.75) is 40.5 Å². The molecule has 3 aromatic rings. The quantitative estimate of drug-likeness (QED) is 0.117. The summed E-state index contributed by atoms with van der Waals surface area (Å²) >= 11 is 0. The van der Waals surface area contributed by atoms with E-state index >= 15 is 0 Å². The van der Waals surface area contributed by atoms with Gasteiger partial charge in [-0.3, -0.25) is 14.4 Å². The fourth-order valence-electron chi connectivity index (χ4n) is 3.70. The van der Waals surface area contributed by atoms with Crippen LogP contribution in [-0.4, -0.2) is 43.8 Å². The van der Waals surface area contributed by atoms with Gasteiger partial charge in [-0.1, -0.05) is 31.5 Å². The second-order valence-corrected chi connectivity index (χ2v) is 9.12. The van der Waals surface area contributed by atoms with E-state index in [-0.39, 0.29) is 12.5 Å². The summed E-state index contributed by atoms with van der Waals surface area (Å²) in [7, 11) is 0. The largest absolute Gasteiger partial charge is 0.494 e. The SMILES string of the molecule is CCCCOc1ccc(NC(=O)C(=O)N/N=C\c2ccc(OCC(=O)Nc3c(C)cccc3C)c(OCC)c2)cc1. The molecule has 0 unspecified atom stereocenters. The third-order valence-corrected chi connectivity index (χ3v) is 5.84. The third kappa shape index (κ3) is 9.68. The molecule has 0 heterocycles. The average Bonchev–Trinajstić information content (AvgIpc) is 2.96. The molecule has 0 atom stereocenters. The number of hydrogen-bond acceptors (Lipinski definition) is 7. The van der Waals surface area contributed by atoms with Crippen LogP contribution in [0.4, 0.5) is 11.4 Å². The van der Waals surface area contributed by atoms with E-state index in [0.717, 1.165) is 29.7 Å². The Morgan fingerprint density at radius 3 is 2.24 bits per heavy atom. The maximum atomic E-state index is 12.5. The van der Waals surface area contributed by atoms with Gasteiger partial charge in [-0.2, -0.15) is 5.10 Å². The number of aryl methyl sites for hydroxylation is 2. The molecule has 0 saturated carbocycles. The van der Waals surface area contributed by atoms with Crippen LogP contribution in [0.15, 0.2) is 65.8 Å². The number of amides is 3. The number of benzene rings is 3. The Hall–Kier alpha value is -4.86. The zero-order valence-corrected chi connectivity index (χ0v) is 23.8. The Balaban J connectivity index is 1.52. The average molecular weight is 561 g/mol. The number of unbranched alkanes of at least 4 members (excludes halogenated alkanes) is 1. The van der Waals surface area contributed by atoms with Crippen LogP contribution in [0.1, 0.15) is 43.4 Å². The zero-order valence-electron chi connectivity index (χ0n) is 23.8. The number of nitrogens with zero attached hydrogens (tertiary/aromatic N) is 1. The number of nitrogens with one attached hydrogen (secondary N) is 3. The molecule has 0 aromatic heterocycles. The third-order valence-electron chi connectivity index (χ3n) is 5.84. The molecule has 0 radical (unpaired) electrons. The first-order valence-corrected chi connectivity index (χ1v) is 13.4. The summed E-state index contributed by atoms with van der Waals surface area (Å²) in [6.07, 6.45) is 3.36. The molecule has 0 aliphatic rings. The van der Waals surface area contributed by atoms with Gasteiger partial charge in [0, 0.05) is 11.4 Å². The number of hydrogen-bond donors (Lipinski definition) is 3. The molecule has 0 fully saturated rings. The molecule has 0 spiro atoms. The Labute approximate surface area is 240 Å². The number of anilines is 2. The first kappa shape index (κ1) is 30.7. The molecule has 41 heavy (non-hydrogen) atoms. The van der Waals surface area contributed by atoms with Crippen molar-refractivity contribution >= 4 is 35.3 Å². The summed E-state index contributed by atoms with van der Waals surface area (Å²) in [6, 6.07) is 17.5. The molecule has 3 amide bonds. The molecule has 10 heteroatoms. The summed E-state index contributed by atoms with van der Waals surface area (Å²) in [5, 5.41) is 9.26. The highest BCUT2D eigenvalue weighted by Gasteiger charge is 2.14. The molecule has 10 nitrogen and oxygen atoms in total. The van der Waals surface area contributed by atoms with Gasteiger partial charge < -0.3 is 24.8 Å². The van der Waals surface area contributed by atoms with Gasteiger partial charge in [0.15, 0.2) is 18.1 Å². The first-order chi connectivity index (χ1) is 19.8. The lowest BCUT2D eigenvalue weighted by Gasteiger charge is -2.14. The van der Waals surface area contributed by atoms with Crippen molar-refractivity contribution in [3.05, 3.63) is 77.4 Å². The summed E-state index contributed by atoms with van der Waals surface area (Å²) < 4.78 is 17.0. The zero-order chi connectivity index (χ0) is 29.6. The van der Waals surface area contributed by atoms with Crippen molar-refractivity contribution in [2.75, 3.05) is 30.5 Å². The predicted molar refractivity (Wildman–Crippen MR) is 159 cm³/mol. The lowest BCUT2D eigenvalue weighted by Crippen LogP contribution is -2.32. The predicted octanol–water partition coefficient (Wildman–Crippen LogP) is 4.99. The van der Waals surface area contributed by atoms with Crippen LogP contribution >= 0.6 is 0 Å². The van der Waals surface area contributed by atoms with Crippen LogP contribution in [0.5, 0.6) is 17.2 Å². The van der Waals surface area contributed by atoms with Crippen molar-refractivity contribution in [2.24, 2.45) is 5.10 Å². The highest BCUT2D eigenvalue weighted by molar-refractivity contribution is 6.39. The van der Waals surface area contributed by atoms with E-state index in [1.807, 2.05) is 39.0 Å². The van der Waals surface area contributed by atoms with Gasteiger partial charge in [0.25, 0.3) is 5.91 Å². The Morgan fingerprint density at radius 2 is 1.56 bits per heavy atom. The molecule has 216 valence electrons. The fourth-order valence-corrected chi connectivity index (χ4v) is 3.70. The molecule has 3 N–H and O–H groups in total. The van der Waals surface area contributed by atoms with E-state index in [1.54, 1.807) is 42.5 Å². The van der Waals surface area contributed by atoms with E-state index in [4.69, 9.17) is 14.2 Å². The second-order valence-electron chi connectivity index (χ2n) is 9.12. The number of carbonyl (C=O) groups is 3. The van der Waals surface area contributed by atoms with Gasteiger partial charge in [0.1, 0.15) is 5.75 Å². The topological polar surface area (TPSA) is 127 Å². The van der Waals surface area contributed by atoms with Gasteiger partial charge in [-0.15, -0.1) is 0 Å². The van der Waals surface area contributed by atoms with Crippen LogP contribution in [0.3, 0.4) is 0 Å². The molecule has 0 aliphatic heterocycles. The van der Waals surface area contributed by atoms with Crippen LogP contribution in [0, 0.1) is 13.8 Å². The Kier molecular flexibility index (Phi) is 11.7. The van der Waals surface area contributed by atoms with Gasteiger partial charge in [-0.25, -0.2) is 5.43 Å². The standard InChI is InChI=1S/C31H36N4O6/c1-5-7-17-40-25-14-12-24(13-15-25)33-30(37)31(38)35-32-19-23-11-16-26(27(18-23)39-6-2)41-20-28(36)34-29-21(3)9-8-10-22(29)4/h8-16,18-19H,5-7,17,20H2,1-4H3,(H,33,37)(H,34,36)(H,35,38)/b32-19-. The van der Waals surface area contributed by atoms with Crippen molar-refractivity contribution in [1.82, 2.24) is 5.43 Å². The fraction of sp³-hybridized carbons (Fsp3) is 0.290. The lowest BCUT2D eigenvalue weighted by molar-refractivity contribution is -0.136. The van der Waals surface area contributed by atoms with Crippen molar-refractivity contribution in [3.63, 3.8) is 0 Å². The summed E-state index contributed by atoms with van der Waals surface area (Å²) in [5.74, 6) is -0.612. The lowest BCUT2D eigenvalue weighted by atomic mass is 10.1. The number of ether oxygens (including phenoxy) is 3. The normalized spacial score (nSPS) is 10.6. The van der Waals surface area contributed by atoms with Crippen LogP contribution in [-0.2, 0) is 14.4 Å². The smallest absolute Gasteiger partial charge is 0.329 e. The van der Waals surface area contributed by atoms with E-state index in [9.17, 15) is 14.4 Å². The minimum atomic E-state index is -0.926. The van der Waals surface area contributed by atoms with Crippen LogP contribution in [0.25, 0.3) is 0 Å². The number of hydrazone groups is 1. The minimum Gasteiger partial charge on any atom is -0.494 e. The van der Waals surface area contributed by atoms with E-state index in [1.165, 1.54) is 6.21 Å². The minimum absolute atomic E-state index is 0.207. The number of para-hydroxylation sites is 1. The summed E-state index contributed by atoms with van der Waals surface area (Å²) in [4.78, 5) is 36.9. The van der Waals surface area contributed by atoms with Crippen molar-refractivity contribution < 1.29 is 28.6 Å². The molecule has 3 rings (SSSR count). The molecular weight excluding hydrogens is 524 g/mol. The monoisotopic (exact) mass is 560 g/mol. The van der Waals surface area contributed by atoms with Gasteiger partial charge >= 0.3 is 11.8 Å². The maximum absolute atomic E-state index is 12.5. The molecule has 0 bridgehead atoms. The van der Waals surface area contributed by atoms with Crippen molar-refractivity contribution in [1.29, 1.82) is 0 Å². The summed E-state index contributed by atoms with van der Waals surface area (Å²) in [5.41, 5.74) is 5.93. The summed E-state index contributed by atoms with van der Waals surface area (Å²) in [6.45, 7) is 8.54. The van der Waals surface area contributed by atoms with Crippen molar-refractivity contribution in [3.8, 4) is 17.2 Å². The molecule has 0 aliphatic carbocycles. The van der Waals surface area contributed by atoms with Gasteiger partial charge in [-0.05, 0) is 86.3 Å². The molecule has 3 aromatic carbocycles. The van der Waals surface area contributed by atoms with E-state index < -0.39 is 11.8 Å². The molecule has 0 saturated heterocycles. The number of rotatable bonds is 13. The second kappa shape index (κ2) is 15.7. The van der Waals surface area contributed by atoms with E-state index in [0.29, 0.717) is 41.7 Å². The Bertz CT molecular complexity index is 1350. The van der Waals surface area contributed by atoms with Gasteiger partial charge in [0.05, 0.1) is 19.4 Å². The maximum Gasteiger partial charge on any atom is 0.329 e.